The summed E-state index contributed by atoms with van der Waals surface area (Å²) in [5, 5.41) is 16.7. The molecule has 3 aromatic rings. The van der Waals surface area contributed by atoms with Crippen molar-refractivity contribution in [1.29, 1.82) is 0 Å². The maximum Gasteiger partial charge on any atom is 0.253 e. The van der Waals surface area contributed by atoms with E-state index in [4.69, 9.17) is 0 Å². The number of rotatable bonds is 7. The summed E-state index contributed by atoms with van der Waals surface area (Å²) in [4.78, 5) is 25.7. The Balaban J connectivity index is 1.64. The number of nitrogens with one attached hydrogen (secondary N) is 2. The van der Waals surface area contributed by atoms with Crippen LogP contribution in [0, 0.1) is 0 Å². The van der Waals surface area contributed by atoms with Gasteiger partial charge in [0.1, 0.15) is 0 Å². The number of aromatic nitrogens is 3. The minimum atomic E-state index is -0.215. The number of thioether (sulfide) groups is 1. The Morgan fingerprint density at radius 1 is 1.18 bits per heavy atom. The number of para-hydroxylation sites is 1. The molecule has 9 heteroatoms. The van der Waals surface area contributed by atoms with Crippen molar-refractivity contribution in [3.63, 3.8) is 0 Å². The molecule has 0 saturated carbocycles. The first kappa shape index (κ1) is 20.1. The van der Waals surface area contributed by atoms with Crippen molar-refractivity contribution in [1.82, 2.24) is 20.1 Å². The van der Waals surface area contributed by atoms with Crippen molar-refractivity contribution in [2.75, 3.05) is 11.1 Å². The molecular weight excluding hydrogens is 394 g/mol. The molecule has 0 aliphatic heterocycles. The van der Waals surface area contributed by atoms with Gasteiger partial charge >= 0.3 is 0 Å². The van der Waals surface area contributed by atoms with Crippen molar-refractivity contribution < 1.29 is 9.59 Å². The van der Waals surface area contributed by atoms with Crippen LogP contribution in [0.5, 0.6) is 0 Å². The van der Waals surface area contributed by atoms with Crippen LogP contribution in [0.15, 0.2) is 46.9 Å². The zero-order chi connectivity index (χ0) is 20.1. The number of nitrogens with zero attached hydrogens (tertiary/aromatic N) is 3. The van der Waals surface area contributed by atoms with Gasteiger partial charge in [0.05, 0.1) is 21.9 Å². The fourth-order valence-electron chi connectivity index (χ4n) is 2.51. The van der Waals surface area contributed by atoms with Crippen LogP contribution in [0.3, 0.4) is 0 Å². The molecule has 2 aromatic heterocycles. The second kappa shape index (κ2) is 9.03. The molecule has 0 atom stereocenters. The fraction of sp³-hybridized carbons (Fsp3) is 0.263. The van der Waals surface area contributed by atoms with Crippen molar-refractivity contribution >= 4 is 40.6 Å². The average molecular weight is 416 g/mol. The van der Waals surface area contributed by atoms with Gasteiger partial charge in [-0.05, 0) is 37.4 Å². The van der Waals surface area contributed by atoms with Gasteiger partial charge in [0.25, 0.3) is 5.91 Å². The number of hydrogen-bond acceptors (Lipinski definition) is 6. The average Bonchev–Trinajstić information content (AvgIpc) is 3.29. The van der Waals surface area contributed by atoms with E-state index in [1.54, 1.807) is 35.6 Å². The van der Waals surface area contributed by atoms with Crippen molar-refractivity contribution in [3.8, 4) is 10.7 Å². The zero-order valence-electron chi connectivity index (χ0n) is 15.8. The molecule has 3 rings (SSSR count). The summed E-state index contributed by atoms with van der Waals surface area (Å²) in [6.07, 6.45) is 0. The topological polar surface area (TPSA) is 88.9 Å². The highest BCUT2D eigenvalue weighted by Gasteiger charge is 2.16. The molecule has 0 radical (unpaired) electrons. The van der Waals surface area contributed by atoms with Crippen LogP contribution in [0.1, 0.15) is 24.2 Å². The fourth-order valence-corrected chi connectivity index (χ4v) is 3.96. The number of anilines is 1. The van der Waals surface area contributed by atoms with Gasteiger partial charge in [-0.3, -0.25) is 9.59 Å². The summed E-state index contributed by atoms with van der Waals surface area (Å²) >= 11 is 2.89. The Morgan fingerprint density at radius 3 is 2.68 bits per heavy atom. The molecule has 0 aliphatic rings. The molecule has 0 bridgehead atoms. The van der Waals surface area contributed by atoms with Crippen molar-refractivity contribution in [2.24, 2.45) is 7.05 Å². The predicted molar refractivity (Wildman–Crippen MR) is 113 cm³/mol. The molecule has 0 unspecified atom stereocenters. The molecule has 2 N–H and O–H groups in total. The molecule has 0 aliphatic carbocycles. The molecule has 0 saturated heterocycles. The Hall–Kier alpha value is -2.65. The first-order valence-electron chi connectivity index (χ1n) is 8.71. The van der Waals surface area contributed by atoms with Crippen LogP contribution in [-0.2, 0) is 11.8 Å². The Bertz CT molecular complexity index is 967. The van der Waals surface area contributed by atoms with Crippen LogP contribution in [0.4, 0.5) is 5.69 Å². The third-order valence-corrected chi connectivity index (χ3v) is 5.66. The second-order valence-corrected chi connectivity index (χ2v) is 8.24. The van der Waals surface area contributed by atoms with Crippen molar-refractivity contribution in [2.45, 2.75) is 25.0 Å². The third-order valence-electron chi connectivity index (χ3n) is 3.77. The number of carbonyl (C=O) groups is 2. The van der Waals surface area contributed by atoms with Gasteiger partial charge in [-0.25, -0.2) is 0 Å². The van der Waals surface area contributed by atoms with E-state index in [9.17, 15) is 9.59 Å². The lowest BCUT2D eigenvalue weighted by atomic mass is 10.1. The van der Waals surface area contributed by atoms with Gasteiger partial charge in [0.2, 0.25) is 5.91 Å². The van der Waals surface area contributed by atoms with E-state index in [-0.39, 0.29) is 23.6 Å². The normalized spacial score (nSPS) is 10.9. The molecule has 2 heterocycles. The zero-order valence-corrected chi connectivity index (χ0v) is 17.4. The van der Waals surface area contributed by atoms with Crippen molar-refractivity contribution in [3.05, 3.63) is 47.3 Å². The van der Waals surface area contributed by atoms with Gasteiger partial charge in [0, 0.05) is 13.1 Å². The van der Waals surface area contributed by atoms with E-state index in [1.807, 2.05) is 43.0 Å². The van der Waals surface area contributed by atoms with E-state index < -0.39 is 0 Å². The Labute approximate surface area is 171 Å². The van der Waals surface area contributed by atoms with Gasteiger partial charge < -0.3 is 15.2 Å². The summed E-state index contributed by atoms with van der Waals surface area (Å²) in [6, 6.07) is 10.9. The minimum absolute atomic E-state index is 0.0141. The van der Waals surface area contributed by atoms with Gasteiger partial charge in [-0.15, -0.1) is 21.5 Å². The van der Waals surface area contributed by atoms with Crippen LogP contribution < -0.4 is 10.6 Å². The summed E-state index contributed by atoms with van der Waals surface area (Å²) in [6.45, 7) is 3.78. The second-order valence-electron chi connectivity index (χ2n) is 6.35. The number of hydrogen-bond donors (Lipinski definition) is 2. The van der Waals surface area contributed by atoms with Crippen LogP contribution in [-0.4, -0.2) is 38.4 Å². The first-order valence-corrected chi connectivity index (χ1v) is 10.6. The highest BCUT2D eigenvalue weighted by atomic mass is 32.2. The lowest BCUT2D eigenvalue weighted by Gasteiger charge is -2.13. The number of benzene rings is 1. The van der Waals surface area contributed by atoms with Crippen LogP contribution >= 0.6 is 23.1 Å². The van der Waals surface area contributed by atoms with Gasteiger partial charge in [-0.2, -0.15) is 0 Å². The Morgan fingerprint density at radius 2 is 1.96 bits per heavy atom. The maximum atomic E-state index is 12.4. The summed E-state index contributed by atoms with van der Waals surface area (Å²) in [5.74, 6) is 0.507. The summed E-state index contributed by atoms with van der Waals surface area (Å²) < 4.78 is 1.87. The molecule has 1 aromatic carbocycles. The van der Waals surface area contributed by atoms with E-state index in [0.29, 0.717) is 16.4 Å². The molecule has 0 spiro atoms. The number of amides is 2. The highest BCUT2D eigenvalue weighted by Crippen LogP contribution is 2.26. The van der Waals surface area contributed by atoms with E-state index in [0.717, 1.165) is 10.7 Å². The van der Waals surface area contributed by atoms with E-state index >= 15 is 0 Å². The number of thiophene rings is 1. The Kier molecular flexibility index (Phi) is 6.48. The molecular formula is C19H21N5O2S2. The summed E-state index contributed by atoms with van der Waals surface area (Å²) in [7, 11) is 1.88. The molecule has 2 amide bonds. The highest BCUT2D eigenvalue weighted by molar-refractivity contribution is 7.99. The van der Waals surface area contributed by atoms with Gasteiger partial charge in [0.15, 0.2) is 11.0 Å². The standard InChI is InChI=1S/C19H21N5O2S2/c1-12(2)20-18(26)13-7-4-5-8-14(13)21-16(25)11-28-19-23-22-17(24(19)3)15-9-6-10-27-15/h4-10,12H,11H2,1-3H3,(H,20,26)(H,21,25). The van der Waals surface area contributed by atoms with Gasteiger partial charge in [-0.1, -0.05) is 30.0 Å². The minimum Gasteiger partial charge on any atom is -0.350 e. The molecule has 0 fully saturated rings. The van der Waals surface area contributed by atoms with E-state index in [2.05, 4.69) is 20.8 Å². The maximum absolute atomic E-state index is 12.4. The molecule has 146 valence electrons. The number of carbonyl (C=O) groups excluding carboxylic acids is 2. The van der Waals surface area contributed by atoms with E-state index in [1.165, 1.54) is 11.8 Å². The SMILES string of the molecule is CC(C)NC(=O)c1ccccc1NC(=O)CSc1nnc(-c2cccs2)n1C. The lowest BCUT2D eigenvalue weighted by Crippen LogP contribution is -2.31. The van der Waals surface area contributed by atoms with Crippen LogP contribution in [0.2, 0.25) is 0 Å². The summed E-state index contributed by atoms with van der Waals surface area (Å²) in [5.41, 5.74) is 0.927. The monoisotopic (exact) mass is 415 g/mol. The lowest BCUT2D eigenvalue weighted by molar-refractivity contribution is -0.113. The largest absolute Gasteiger partial charge is 0.350 e. The third kappa shape index (κ3) is 4.79. The predicted octanol–water partition coefficient (Wildman–Crippen LogP) is 3.41. The quantitative estimate of drug-likeness (QED) is 0.577. The molecule has 28 heavy (non-hydrogen) atoms. The smallest absolute Gasteiger partial charge is 0.253 e. The molecule has 7 nitrogen and oxygen atoms in total. The first-order chi connectivity index (χ1) is 13.5. The van der Waals surface area contributed by atoms with Crippen LogP contribution in [0.25, 0.3) is 10.7 Å².